The van der Waals surface area contributed by atoms with Gasteiger partial charge in [-0.1, -0.05) is 18.2 Å². The predicted octanol–water partition coefficient (Wildman–Crippen LogP) is 5.90. The van der Waals surface area contributed by atoms with E-state index in [2.05, 4.69) is 5.32 Å². The molecule has 8 heteroatoms. The summed E-state index contributed by atoms with van der Waals surface area (Å²) in [5.74, 6) is 1.23. The van der Waals surface area contributed by atoms with Crippen molar-refractivity contribution >= 4 is 29.0 Å². The number of carbonyl (C=O) groups is 2. The molecular weight excluding hydrogens is 486 g/mol. The SMILES string of the molecule is COc1ccc(CCN(Cc2cccs2)C(=O)CN(C(=O)Nc2ccc(C)c(C)c2)C(C)C)cc1OC. The molecule has 0 fully saturated rings. The number of urea groups is 1. The molecule has 0 saturated carbocycles. The van der Waals surface area contributed by atoms with Crippen LogP contribution in [0.5, 0.6) is 11.5 Å². The van der Waals surface area contributed by atoms with E-state index < -0.39 is 0 Å². The first kappa shape index (κ1) is 28.1. The maximum absolute atomic E-state index is 13.5. The van der Waals surface area contributed by atoms with Gasteiger partial charge in [-0.15, -0.1) is 11.3 Å². The summed E-state index contributed by atoms with van der Waals surface area (Å²) >= 11 is 1.61. The number of methoxy groups -OCH3 is 2. The quantitative estimate of drug-likeness (QED) is 0.340. The second-order valence-electron chi connectivity index (χ2n) is 9.28. The fraction of sp³-hybridized carbons (Fsp3) is 0.379. The lowest BCUT2D eigenvalue weighted by Gasteiger charge is -2.30. The summed E-state index contributed by atoms with van der Waals surface area (Å²) in [5, 5.41) is 4.96. The molecule has 0 aliphatic heterocycles. The van der Waals surface area contributed by atoms with Crippen molar-refractivity contribution in [2.45, 2.75) is 46.7 Å². The zero-order valence-corrected chi connectivity index (χ0v) is 23.4. The Bertz CT molecular complexity index is 1190. The highest BCUT2D eigenvalue weighted by Crippen LogP contribution is 2.28. The van der Waals surface area contributed by atoms with Crippen LogP contribution in [0.15, 0.2) is 53.9 Å². The maximum Gasteiger partial charge on any atom is 0.322 e. The summed E-state index contributed by atoms with van der Waals surface area (Å²) in [4.78, 5) is 31.2. The van der Waals surface area contributed by atoms with Crippen LogP contribution in [0.2, 0.25) is 0 Å². The number of nitrogens with one attached hydrogen (secondary N) is 1. The first-order chi connectivity index (χ1) is 17.7. The van der Waals surface area contributed by atoms with Gasteiger partial charge in [0.05, 0.1) is 20.8 Å². The highest BCUT2D eigenvalue weighted by atomic mass is 32.1. The van der Waals surface area contributed by atoms with Gasteiger partial charge in [0.25, 0.3) is 0 Å². The van der Waals surface area contributed by atoms with Crippen molar-refractivity contribution in [1.29, 1.82) is 0 Å². The third kappa shape index (κ3) is 7.73. The Labute approximate surface area is 224 Å². The molecule has 0 aliphatic carbocycles. The minimum absolute atomic E-state index is 0.00828. The number of rotatable bonds is 11. The molecule has 0 bridgehead atoms. The summed E-state index contributed by atoms with van der Waals surface area (Å²) in [6, 6.07) is 15.2. The van der Waals surface area contributed by atoms with Crippen LogP contribution in [0.1, 0.15) is 35.4 Å². The van der Waals surface area contributed by atoms with E-state index >= 15 is 0 Å². The van der Waals surface area contributed by atoms with Gasteiger partial charge in [0.2, 0.25) is 5.91 Å². The minimum Gasteiger partial charge on any atom is -0.493 e. The van der Waals surface area contributed by atoms with E-state index in [9.17, 15) is 9.59 Å². The summed E-state index contributed by atoms with van der Waals surface area (Å²) in [7, 11) is 3.22. The van der Waals surface area contributed by atoms with Gasteiger partial charge >= 0.3 is 6.03 Å². The zero-order chi connectivity index (χ0) is 26.9. The molecule has 3 amide bonds. The Morgan fingerprint density at radius 1 is 0.973 bits per heavy atom. The molecule has 3 rings (SSSR count). The second kappa shape index (κ2) is 13.1. The van der Waals surface area contributed by atoms with Crippen molar-refractivity contribution in [1.82, 2.24) is 9.80 Å². The molecule has 1 aromatic heterocycles. The minimum atomic E-state index is -0.289. The standard InChI is InChI=1S/C29H37N3O4S/c1-20(2)32(29(34)30-24-11-9-21(3)22(4)16-24)19-28(33)31(18-25-8-7-15-37-25)14-13-23-10-12-26(35-5)27(17-23)36-6/h7-12,15-17,20H,13-14,18-19H2,1-6H3,(H,30,34). The van der Waals surface area contributed by atoms with Crippen LogP contribution in [-0.2, 0) is 17.8 Å². The lowest BCUT2D eigenvalue weighted by atomic mass is 10.1. The maximum atomic E-state index is 13.5. The number of benzene rings is 2. The molecular formula is C29H37N3O4S. The molecule has 0 spiro atoms. The third-order valence-electron chi connectivity index (χ3n) is 6.35. The van der Waals surface area contributed by atoms with Crippen LogP contribution in [0.4, 0.5) is 10.5 Å². The van der Waals surface area contributed by atoms with Crippen molar-refractivity contribution < 1.29 is 19.1 Å². The van der Waals surface area contributed by atoms with Crippen LogP contribution in [-0.4, -0.2) is 55.1 Å². The van der Waals surface area contributed by atoms with E-state index in [4.69, 9.17) is 9.47 Å². The number of aryl methyl sites for hydroxylation is 2. The van der Waals surface area contributed by atoms with Crippen LogP contribution >= 0.6 is 11.3 Å². The summed E-state index contributed by atoms with van der Waals surface area (Å²) in [5.41, 5.74) is 4.01. The smallest absolute Gasteiger partial charge is 0.322 e. The van der Waals surface area contributed by atoms with E-state index in [0.717, 1.165) is 27.3 Å². The van der Waals surface area contributed by atoms with Gasteiger partial charge < -0.3 is 24.6 Å². The molecule has 7 nitrogen and oxygen atoms in total. The van der Waals surface area contributed by atoms with Gasteiger partial charge in [-0.2, -0.15) is 0 Å². The van der Waals surface area contributed by atoms with Crippen molar-refractivity contribution in [2.75, 3.05) is 32.6 Å². The van der Waals surface area contributed by atoms with Gasteiger partial charge in [-0.05, 0) is 86.5 Å². The van der Waals surface area contributed by atoms with Gasteiger partial charge in [-0.25, -0.2) is 4.79 Å². The van der Waals surface area contributed by atoms with Crippen molar-refractivity contribution in [2.24, 2.45) is 0 Å². The van der Waals surface area contributed by atoms with Gasteiger partial charge in [-0.3, -0.25) is 4.79 Å². The number of anilines is 1. The van der Waals surface area contributed by atoms with E-state index in [1.54, 1.807) is 30.5 Å². The molecule has 0 aliphatic rings. The van der Waals surface area contributed by atoms with E-state index in [-0.39, 0.29) is 24.5 Å². The number of carbonyl (C=O) groups excluding carboxylic acids is 2. The van der Waals surface area contributed by atoms with Gasteiger partial charge in [0.15, 0.2) is 11.5 Å². The average Bonchev–Trinajstić information content (AvgIpc) is 3.39. The molecule has 2 aromatic carbocycles. The van der Waals surface area contributed by atoms with E-state index in [1.165, 1.54) is 0 Å². The fourth-order valence-electron chi connectivity index (χ4n) is 3.93. The number of hydrogen-bond donors (Lipinski definition) is 1. The summed E-state index contributed by atoms with van der Waals surface area (Å²) < 4.78 is 10.8. The molecule has 198 valence electrons. The van der Waals surface area contributed by atoms with Crippen molar-refractivity contribution in [3.05, 3.63) is 75.5 Å². The van der Waals surface area contributed by atoms with Crippen LogP contribution in [0.25, 0.3) is 0 Å². The van der Waals surface area contributed by atoms with Gasteiger partial charge in [0, 0.05) is 23.2 Å². The molecule has 0 unspecified atom stereocenters. The normalized spacial score (nSPS) is 10.8. The number of thiophene rings is 1. The number of ether oxygens (including phenoxy) is 2. The first-order valence-corrected chi connectivity index (χ1v) is 13.3. The molecule has 37 heavy (non-hydrogen) atoms. The van der Waals surface area contributed by atoms with Crippen LogP contribution < -0.4 is 14.8 Å². The number of hydrogen-bond acceptors (Lipinski definition) is 5. The lowest BCUT2D eigenvalue weighted by Crippen LogP contribution is -2.47. The second-order valence-corrected chi connectivity index (χ2v) is 10.3. The predicted molar refractivity (Wildman–Crippen MR) is 150 cm³/mol. The molecule has 0 atom stereocenters. The molecule has 0 radical (unpaired) electrons. The fourth-order valence-corrected chi connectivity index (χ4v) is 4.65. The molecule has 0 saturated heterocycles. The number of nitrogens with zero attached hydrogens (tertiary/aromatic N) is 2. The average molecular weight is 524 g/mol. The Morgan fingerprint density at radius 3 is 2.35 bits per heavy atom. The zero-order valence-electron chi connectivity index (χ0n) is 22.5. The Balaban J connectivity index is 1.73. The molecule has 1 N–H and O–H groups in total. The Kier molecular flexibility index (Phi) is 9.97. The van der Waals surface area contributed by atoms with Crippen LogP contribution in [0, 0.1) is 13.8 Å². The van der Waals surface area contributed by atoms with Gasteiger partial charge in [0.1, 0.15) is 6.54 Å². The summed E-state index contributed by atoms with van der Waals surface area (Å²) in [6.07, 6.45) is 0.647. The topological polar surface area (TPSA) is 71.1 Å². The third-order valence-corrected chi connectivity index (χ3v) is 7.21. The lowest BCUT2D eigenvalue weighted by molar-refractivity contribution is -0.132. The van der Waals surface area contributed by atoms with Crippen molar-refractivity contribution in [3.63, 3.8) is 0 Å². The monoisotopic (exact) mass is 523 g/mol. The first-order valence-electron chi connectivity index (χ1n) is 12.4. The van der Waals surface area contributed by atoms with Crippen molar-refractivity contribution in [3.8, 4) is 11.5 Å². The van der Waals surface area contributed by atoms with E-state index in [0.29, 0.717) is 31.0 Å². The molecule has 1 heterocycles. The van der Waals surface area contributed by atoms with Crippen LogP contribution in [0.3, 0.4) is 0 Å². The largest absolute Gasteiger partial charge is 0.493 e. The highest BCUT2D eigenvalue weighted by molar-refractivity contribution is 7.09. The number of amides is 3. The Morgan fingerprint density at radius 2 is 1.73 bits per heavy atom. The summed E-state index contributed by atoms with van der Waals surface area (Å²) in [6.45, 7) is 8.87. The highest BCUT2D eigenvalue weighted by Gasteiger charge is 2.24. The Hall–Kier alpha value is -3.52. The van der Waals surface area contributed by atoms with E-state index in [1.807, 2.05) is 86.5 Å². The molecule has 3 aromatic rings.